The number of aromatic nitrogens is 4. The fourth-order valence-electron chi connectivity index (χ4n) is 2.76. The van der Waals surface area contributed by atoms with Gasteiger partial charge in [-0.15, -0.1) is 0 Å². The molecule has 2 aromatic heterocycles. The van der Waals surface area contributed by atoms with Gasteiger partial charge in [0, 0.05) is 29.7 Å². The molecule has 0 radical (unpaired) electrons. The first-order valence-electron chi connectivity index (χ1n) is 8.37. The molecule has 0 spiro atoms. The van der Waals surface area contributed by atoms with Gasteiger partial charge in [0.1, 0.15) is 11.4 Å². The van der Waals surface area contributed by atoms with Crippen LogP contribution in [0, 0.1) is 5.82 Å². The predicted octanol–water partition coefficient (Wildman–Crippen LogP) is 3.95. The fourth-order valence-corrected chi connectivity index (χ4v) is 2.76. The molecule has 10 heteroatoms. The number of halogens is 4. The van der Waals surface area contributed by atoms with Crippen LogP contribution in [-0.2, 0) is 6.18 Å². The molecule has 0 aliphatic heterocycles. The summed E-state index contributed by atoms with van der Waals surface area (Å²) < 4.78 is 54.7. The number of nitrogens with one attached hydrogen (secondary N) is 1. The van der Waals surface area contributed by atoms with Crippen LogP contribution in [0.3, 0.4) is 0 Å². The molecule has 1 aliphatic carbocycles. The first kappa shape index (κ1) is 18.1. The van der Waals surface area contributed by atoms with E-state index in [4.69, 9.17) is 0 Å². The van der Waals surface area contributed by atoms with Crippen molar-refractivity contribution in [2.75, 3.05) is 5.32 Å². The Kier molecular flexibility index (Phi) is 4.33. The maximum absolute atomic E-state index is 14.6. The van der Waals surface area contributed by atoms with Crippen molar-refractivity contribution < 1.29 is 22.4 Å². The van der Waals surface area contributed by atoms with Crippen molar-refractivity contribution in [3.05, 3.63) is 65.8 Å². The molecule has 1 amide bonds. The number of benzene rings is 1. The summed E-state index contributed by atoms with van der Waals surface area (Å²) in [6, 6.07) is 4.65. The van der Waals surface area contributed by atoms with Crippen molar-refractivity contribution in [1.29, 1.82) is 0 Å². The van der Waals surface area contributed by atoms with E-state index in [0.717, 1.165) is 29.7 Å². The molecular weight excluding hydrogens is 378 g/mol. The van der Waals surface area contributed by atoms with Crippen LogP contribution in [0.15, 0.2) is 42.9 Å². The standard InChI is InChI=1S/C18H13F4N5O/c19-12-7-11(25-17(28)13-9-23-5-6-24-13)3-4-14(12)27-15(10-1-2-10)8-16(26-27)18(20,21)22/h3-10H,1-2H2,(H,25,28). The molecule has 1 saturated carbocycles. The van der Waals surface area contributed by atoms with Gasteiger partial charge in [0.2, 0.25) is 0 Å². The van der Waals surface area contributed by atoms with Crippen LogP contribution in [0.2, 0.25) is 0 Å². The van der Waals surface area contributed by atoms with Crippen molar-refractivity contribution >= 4 is 11.6 Å². The number of hydrogen-bond donors (Lipinski definition) is 1. The SMILES string of the molecule is O=C(Nc1ccc(-n2nc(C(F)(F)F)cc2C2CC2)c(F)c1)c1cnccn1. The lowest BCUT2D eigenvalue weighted by Crippen LogP contribution is -2.14. The Hall–Kier alpha value is -3.30. The smallest absolute Gasteiger partial charge is 0.320 e. The molecule has 3 aromatic rings. The van der Waals surface area contributed by atoms with Crippen LogP contribution in [0.1, 0.15) is 40.6 Å². The van der Waals surface area contributed by atoms with Gasteiger partial charge in [-0.05, 0) is 37.1 Å². The molecule has 0 unspecified atom stereocenters. The Bertz CT molecular complexity index is 1030. The molecule has 6 nitrogen and oxygen atoms in total. The van der Waals surface area contributed by atoms with Gasteiger partial charge in [0.15, 0.2) is 11.5 Å². The maximum Gasteiger partial charge on any atom is 0.435 e. The Morgan fingerprint density at radius 3 is 2.57 bits per heavy atom. The number of carbonyl (C=O) groups excluding carboxylic acids is 1. The van der Waals surface area contributed by atoms with E-state index in [1.807, 2.05) is 0 Å². The summed E-state index contributed by atoms with van der Waals surface area (Å²) in [6.45, 7) is 0. The Morgan fingerprint density at radius 2 is 1.96 bits per heavy atom. The summed E-state index contributed by atoms with van der Waals surface area (Å²) in [5, 5.41) is 6.02. The largest absolute Gasteiger partial charge is 0.435 e. The van der Waals surface area contributed by atoms with Crippen molar-refractivity contribution in [3.63, 3.8) is 0 Å². The van der Waals surface area contributed by atoms with Gasteiger partial charge < -0.3 is 5.32 Å². The second-order valence-electron chi connectivity index (χ2n) is 6.35. The topological polar surface area (TPSA) is 72.7 Å². The normalized spacial score (nSPS) is 14.1. The summed E-state index contributed by atoms with van der Waals surface area (Å²) in [4.78, 5) is 19.7. The monoisotopic (exact) mass is 391 g/mol. The van der Waals surface area contributed by atoms with Gasteiger partial charge in [-0.25, -0.2) is 14.1 Å². The maximum atomic E-state index is 14.6. The summed E-state index contributed by atoms with van der Waals surface area (Å²) in [5.74, 6) is -1.47. The molecule has 4 rings (SSSR count). The second kappa shape index (κ2) is 6.70. The van der Waals surface area contributed by atoms with E-state index < -0.39 is 23.6 Å². The number of carbonyl (C=O) groups is 1. The first-order valence-corrected chi connectivity index (χ1v) is 8.37. The quantitative estimate of drug-likeness (QED) is 0.684. The first-order chi connectivity index (χ1) is 13.3. The minimum Gasteiger partial charge on any atom is -0.320 e. The molecule has 2 heterocycles. The van der Waals surface area contributed by atoms with E-state index in [2.05, 4.69) is 20.4 Å². The number of hydrogen-bond acceptors (Lipinski definition) is 4. The zero-order valence-electron chi connectivity index (χ0n) is 14.2. The van der Waals surface area contributed by atoms with E-state index in [-0.39, 0.29) is 23.0 Å². The van der Waals surface area contributed by atoms with E-state index >= 15 is 0 Å². The van der Waals surface area contributed by atoms with Crippen LogP contribution in [-0.4, -0.2) is 25.7 Å². The molecule has 1 aliphatic rings. The Morgan fingerprint density at radius 1 is 1.18 bits per heavy atom. The second-order valence-corrected chi connectivity index (χ2v) is 6.35. The zero-order valence-corrected chi connectivity index (χ0v) is 14.2. The van der Waals surface area contributed by atoms with Crippen molar-refractivity contribution in [3.8, 4) is 5.69 Å². The zero-order chi connectivity index (χ0) is 19.9. The van der Waals surface area contributed by atoms with E-state index in [9.17, 15) is 22.4 Å². The fraction of sp³-hybridized carbons (Fsp3) is 0.222. The lowest BCUT2D eigenvalue weighted by atomic mass is 10.2. The highest BCUT2D eigenvalue weighted by molar-refractivity contribution is 6.02. The van der Waals surface area contributed by atoms with E-state index in [0.29, 0.717) is 5.69 Å². The average Bonchev–Trinajstić information content (AvgIpc) is 3.40. The van der Waals surface area contributed by atoms with E-state index in [1.54, 1.807) is 0 Å². The molecule has 0 atom stereocenters. The summed E-state index contributed by atoms with van der Waals surface area (Å²) in [7, 11) is 0. The van der Waals surface area contributed by atoms with Gasteiger partial charge in [-0.2, -0.15) is 18.3 Å². The van der Waals surface area contributed by atoms with Crippen molar-refractivity contribution in [1.82, 2.24) is 19.7 Å². The number of nitrogens with zero attached hydrogens (tertiary/aromatic N) is 4. The third kappa shape index (κ3) is 3.57. The highest BCUT2D eigenvalue weighted by atomic mass is 19.4. The molecule has 1 aromatic carbocycles. The Balaban J connectivity index is 1.64. The van der Waals surface area contributed by atoms with Gasteiger partial charge in [-0.3, -0.25) is 9.78 Å². The van der Waals surface area contributed by atoms with Gasteiger partial charge in [-0.1, -0.05) is 0 Å². The summed E-state index contributed by atoms with van der Waals surface area (Å²) in [6.07, 6.45) is 0.851. The molecule has 1 fully saturated rings. The molecule has 0 saturated heterocycles. The lowest BCUT2D eigenvalue weighted by molar-refractivity contribution is -0.141. The molecular formula is C18H13F4N5O. The van der Waals surface area contributed by atoms with Crippen molar-refractivity contribution in [2.24, 2.45) is 0 Å². The van der Waals surface area contributed by atoms with Crippen LogP contribution < -0.4 is 5.32 Å². The minimum atomic E-state index is -4.62. The van der Waals surface area contributed by atoms with Gasteiger partial charge in [0.25, 0.3) is 5.91 Å². The molecule has 0 bridgehead atoms. The molecule has 144 valence electrons. The molecule has 1 N–H and O–H groups in total. The van der Waals surface area contributed by atoms with Crippen LogP contribution in [0.5, 0.6) is 0 Å². The van der Waals surface area contributed by atoms with Crippen LogP contribution in [0.25, 0.3) is 5.69 Å². The number of alkyl halides is 3. The van der Waals surface area contributed by atoms with Crippen LogP contribution >= 0.6 is 0 Å². The van der Waals surface area contributed by atoms with Gasteiger partial charge in [0.05, 0.1) is 6.20 Å². The van der Waals surface area contributed by atoms with Gasteiger partial charge >= 0.3 is 6.18 Å². The predicted molar refractivity (Wildman–Crippen MR) is 90.5 cm³/mol. The van der Waals surface area contributed by atoms with Crippen LogP contribution in [0.4, 0.5) is 23.2 Å². The average molecular weight is 391 g/mol. The third-order valence-electron chi connectivity index (χ3n) is 4.25. The highest BCUT2D eigenvalue weighted by Gasteiger charge is 2.38. The highest BCUT2D eigenvalue weighted by Crippen LogP contribution is 2.43. The summed E-state index contributed by atoms with van der Waals surface area (Å²) in [5.41, 5.74) is -0.677. The minimum absolute atomic E-state index is 0.0462. The third-order valence-corrected chi connectivity index (χ3v) is 4.25. The lowest BCUT2D eigenvalue weighted by Gasteiger charge is -2.10. The number of amides is 1. The van der Waals surface area contributed by atoms with Crippen molar-refractivity contribution in [2.45, 2.75) is 24.9 Å². The molecule has 28 heavy (non-hydrogen) atoms. The Labute approximate surface area is 156 Å². The van der Waals surface area contributed by atoms with E-state index in [1.165, 1.54) is 30.7 Å². The number of rotatable bonds is 4. The summed E-state index contributed by atoms with van der Waals surface area (Å²) >= 11 is 0. The number of anilines is 1.